The second-order valence-corrected chi connectivity index (χ2v) is 6.52. The topological polar surface area (TPSA) is 89.1 Å². The number of carbonyl (C=O) groups excluding carboxylic acids is 1. The Kier molecular flexibility index (Phi) is 4.48. The van der Waals surface area contributed by atoms with Crippen LogP contribution in [-0.4, -0.2) is 41.2 Å². The predicted molar refractivity (Wildman–Crippen MR) is 97.0 cm³/mol. The van der Waals surface area contributed by atoms with Gasteiger partial charge in [0.25, 0.3) is 0 Å². The molecule has 0 atom stereocenters. The molecule has 0 bridgehead atoms. The molecule has 1 aromatic carbocycles. The molecule has 1 aliphatic rings. The van der Waals surface area contributed by atoms with Gasteiger partial charge in [-0.3, -0.25) is 4.79 Å². The molecule has 134 valence electrons. The molecule has 1 fully saturated rings. The van der Waals surface area contributed by atoms with E-state index in [0.717, 1.165) is 22.2 Å². The first-order valence-electron chi connectivity index (χ1n) is 8.17. The first-order chi connectivity index (χ1) is 12.6. The zero-order chi connectivity index (χ0) is 18.1. The van der Waals surface area contributed by atoms with Crippen molar-refractivity contribution in [2.45, 2.75) is 6.54 Å². The second-order valence-electron chi connectivity index (χ2n) is 6.11. The van der Waals surface area contributed by atoms with Crippen LogP contribution >= 0.6 is 11.6 Å². The number of aromatic amines is 1. The number of nitrogens with one attached hydrogen (secondary N) is 2. The third kappa shape index (κ3) is 3.23. The summed E-state index contributed by atoms with van der Waals surface area (Å²) in [5.41, 5.74) is 3.26. The standard InChI is InChI=1S/C18H17ClN4O3/c1-25-17-7-20-16(6-21-17)13-4-15-10(3-14(13)19)2-12(23-15)5-22-18(24)11-8-26-9-11/h2-4,6-7,11,23H,5,8-9H2,1H3,(H,22,24). The summed E-state index contributed by atoms with van der Waals surface area (Å²) < 4.78 is 10.1. The van der Waals surface area contributed by atoms with Crippen LogP contribution in [0.2, 0.25) is 5.02 Å². The average molecular weight is 373 g/mol. The minimum atomic E-state index is -0.0333. The van der Waals surface area contributed by atoms with E-state index >= 15 is 0 Å². The Bertz CT molecular complexity index is 951. The molecule has 0 spiro atoms. The molecular formula is C18H17ClN4O3. The van der Waals surface area contributed by atoms with Crippen LogP contribution in [-0.2, 0) is 16.1 Å². The number of H-pyrrole nitrogens is 1. The van der Waals surface area contributed by atoms with Gasteiger partial charge in [-0.05, 0) is 18.2 Å². The van der Waals surface area contributed by atoms with E-state index in [-0.39, 0.29) is 11.8 Å². The molecular weight excluding hydrogens is 356 g/mol. The zero-order valence-corrected chi connectivity index (χ0v) is 14.8. The first-order valence-corrected chi connectivity index (χ1v) is 8.55. The maximum absolute atomic E-state index is 11.9. The minimum Gasteiger partial charge on any atom is -0.480 e. The molecule has 0 saturated carbocycles. The van der Waals surface area contributed by atoms with E-state index in [2.05, 4.69) is 20.3 Å². The highest BCUT2D eigenvalue weighted by atomic mass is 35.5. The lowest BCUT2D eigenvalue weighted by atomic mass is 10.1. The third-order valence-electron chi connectivity index (χ3n) is 4.34. The predicted octanol–water partition coefficient (Wildman–Crippen LogP) is 2.55. The molecule has 0 unspecified atom stereocenters. The van der Waals surface area contributed by atoms with Gasteiger partial charge >= 0.3 is 0 Å². The first kappa shape index (κ1) is 16.8. The highest BCUT2D eigenvalue weighted by molar-refractivity contribution is 6.34. The van der Waals surface area contributed by atoms with Crippen LogP contribution in [0.3, 0.4) is 0 Å². The van der Waals surface area contributed by atoms with Crippen molar-refractivity contribution in [1.29, 1.82) is 0 Å². The largest absolute Gasteiger partial charge is 0.480 e. The molecule has 1 amide bonds. The molecule has 4 rings (SSSR count). The Morgan fingerprint density at radius 2 is 2.19 bits per heavy atom. The Morgan fingerprint density at radius 1 is 1.35 bits per heavy atom. The van der Waals surface area contributed by atoms with Crippen LogP contribution in [0.5, 0.6) is 5.88 Å². The Morgan fingerprint density at radius 3 is 2.85 bits per heavy atom. The van der Waals surface area contributed by atoms with E-state index in [1.807, 2.05) is 18.2 Å². The normalized spacial score (nSPS) is 14.2. The van der Waals surface area contributed by atoms with Gasteiger partial charge in [0, 0.05) is 22.2 Å². The zero-order valence-electron chi connectivity index (χ0n) is 14.1. The lowest BCUT2D eigenvalue weighted by molar-refractivity contribution is -0.139. The fraction of sp³-hybridized carbons (Fsp3) is 0.278. The molecule has 8 heteroatoms. The molecule has 26 heavy (non-hydrogen) atoms. The number of fused-ring (bicyclic) bond motifs is 1. The molecule has 1 aliphatic heterocycles. The van der Waals surface area contributed by atoms with E-state index in [0.29, 0.717) is 36.4 Å². The number of hydrogen-bond donors (Lipinski definition) is 2. The number of hydrogen-bond acceptors (Lipinski definition) is 5. The number of aromatic nitrogens is 3. The Labute approximate surface area is 154 Å². The van der Waals surface area contributed by atoms with Crippen LogP contribution in [0.25, 0.3) is 22.2 Å². The molecule has 2 N–H and O–H groups in total. The van der Waals surface area contributed by atoms with Crippen LogP contribution in [0.1, 0.15) is 5.69 Å². The van der Waals surface area contributed by atoms with E-state index in [1.54, 1.807) is 19.5 Å². The number of nitrogens with zero attached hydrogens (tertiary/aromatic N) is 2. The van der Waals surface area contributed by atoms with Gasteiger partial charge in [0.15, 0.2) is 0 Å². The minimum absolute atomic E-state index is 0.0159. The summed E-state index contributed by atoms with van der Waals surface area (Å²) in [6, 6.07) is 5.78. The fourth-order valence-corrected chi connectivity index (χ4v) is 3.05. The molecule has 7 nitrogen and oxygen atoms in total. The van der Waals surface area contributed by atoms with E-state index in [1.165, 1.54) is 0 Å². The summed E-state index contributed by atoms with van der Waals surface area (Å²) in [4.78, 5) is 23.7. The SMILES string of the molecule is COc1cnc(-c2cc3[nH]c(CNC(=O)C4COC4)cc3cc2Cl)cn1. The number of amides is 1. The molecule has 1 saturated heterocycles. The van der Waals surface area contributed by atoms with Gasteiger partial charge in [0.2, 0.25) is 11.8 Å². The fourth-order valence-electron chi connectivity index (χ4n) is 2.78. The summed E-state index contributed by atoms with van der Waals surface area (Å²) in [5, 5.41) is 4.47. The van der Waals surface area contributed by atoms with Crippen LogP contribution < -0.4 is 10.1 Å². The van der Waals surface area contributed by atoms with Crippen molar-refractivity contribution in [3.8, 4) is 17.1 Å². The number of carbonyl (C=O) groups is 1. The van der Waals surface area contributed by atoms with Crippen molar-refractivity contribution in [2.24, 2.45) is 5.92 Å². The van der Waals surface area contributed by atoms with Gasteiger partial charge in [-0.25, -0.2) is 9.97 Å². The summed E-state index contributed by atoms with van der Waals surface area (Å²) in [6.45, 7) is 1.43. The van der Waals surface area contributed by atoms with E-state index < -0.39 is 0 Å². The van der Waals surface area contributed by atoms with Crippen LogP contribution in [0.15, 0.2) is 30.6 Å². The van der Waals surface area contributed by atoms with Crippen LogP contribution in [0, 0.1) is 5.92 Å². The Balaban J connectivity index is 1.56. The smallest absolute Gasteiger partial charge is 0.232 e. The van der Waals surface area contributed by atoms with Gasteiger partial charge < -0.3 is 19.8 Å². The number of rotatable bonds is 5. The third-order valence-corrected chi connectivity index (χ3v) is 4.65. The van der Waals surface area contributed by atoms with Gasteiger partial charge in [-0.1, -0.05) is 11.6 Å². The molecule has 2 aromatic heterocycles. The molecule has 0 radical (unpaired) electrons. The van der Waals surface area contributed by atoms with Crippen molar-refractivity contribution in [3.05, 3.63) is 41.3 Å². The van der Waals surface area contributed by atoms with Crippen molar-refractivity contribution in [1.82, 2.24) is 20.3 Å². The summed E-state index contributed by atoms with van der Waals surface area (Å²) in [6.07, 6.45) is 3.17. The summed E-state index contributed by atoms with van der Waals surface area (Å²) in [5.74, 6) is 0.428. The van der Waals surface area contributed by atoms with Crippen molar-refractivity contribution in [2.75, 3.05) is 20.3 Å². The van der Waals surface area contributed by atoms with Crippen molar-refractivity contribution < 1.29 is 14.3 Å². The maximum Gasteiger partial charge on any atom is 0.232 e. The highest BCUT2D eigenvalue weighted by Gasteiger charge is 2.26. The monoisotopic (exact) mass is 372 g/mol. The quantitative estimate of drug-likeness (QED) is 0.718. The van der Waals surface area contributed by atoms with E-state index in [9.17, 15) is 4.79 Å². The van der Waals surface area contributed by atoms with Crippen LogP contribution in [0.4, 0.5) is 0 Å². The number of benzene rings is 1. The molecule has 3 aromatic rings. The maximum atomic E-state index is 11.9. The number of halogens is 1. The van der Waals surface area contributed by atoms with E-state index in [4.69, 9.17) is 21.1 Å². The van der Waals surface area contributed by atoms with Gasteiger partial charge in [0.05, 0.1) is 55.9 Å². The van der Waals surface area contributed by atoms with Crippen molar-refractivity contribution >= 4 is 28.4 Å². The second kappa shape index (κ2) is 6.93. The molecule has 0 aliphatic carbocycles. The van der Waals surface area contributed by atoms with Gasteiger partial charge in [0.1, 0.15) is 0 Å². The number of ether oxygens (including phenoxy) is 2. The van der Waals surface area contributed by atoms with Gasteiger partial charge in [-0.15, -0.1) is 0 Å². The Hall–Kier alpha value is -2.64. The lowest BCUT2D eigenvalue weighted by Crippen LogP contribution is -2.41. The lowest BCUT2D eigenvalue weighted by Gasteiger charge is -2.24. The van der Waals surface area contributed by atoms with Gasteiger partial charge in [-0.2, -0.15) is 0 Å². The summed E-state index contributed by atoms with van der Waals surface area (Å²) in [7, 11) is 1.54. The number of methoxy groups -OCH3 is 1. The van der Waals surface area contributed by atoms with Crippen molar-refractivity contribution in [3.63, 3.8) is 0 Å². The molecule has 3 heterocycles. The average Bonchev–Trinajstić information content (AvgIpc) is 2.99. The summed E-state index contributed by atoms with van der Waals surface area (Å²) >= 11 is 6.42. The highest BCUT2D eigenvalue weighted by Crippen LogP contribution is 2.31.